The van der Waals surface area contributed by atoms with Gasteiger partial charge in [0.1, 0.15) is 0 Å². The SMILES string of the molecule is Cc1ccccc1-c1noc(CC(N)C2CCCC2)n1. The molecule has 1 aliphatic carbocycles. The normalized spacial score (nSPS) is 17.5. The first-order valence-corrected chi connectivity index (χ1v) is 7.38. The Hall–Kier alpha value is -1.68. The first-order valence-electron chi connectivity index (χ1n) is 7.38. The Morgan fingerprint density at radius 1 is 1.30 bits per heavy atom. The van der Waals surface area contributed by atoms with Crippen LogP contribution in [-0.2, 0) is 6.42 Å². The van der Waals surface area contributed by atoms with E-state index in [1.807, 2.05) is 18.2 Å². The molecule has 2 aromatic rings. The molecule has 0 bridgehead atoms. The predicted octanol–water partition coefficient (Wildman–Crippen LogP) is 3.11. The number of benzene rings is 1. The predicted molar refractivity (Wildman–Crippen MR) is 78.1 cm³/mol. The van der Waals surface area contributed by atoms with E-state index in [1.54, 1.807) is 0 Å². The van der Waals surface area contributed by atoms with E-state index in [0.29, 0.717) is 24.1 Å². The highest BCUT2D eigenvalue weighted by atomic mass is 16.5. The molecule has 1 fully saturated rings. The van der Waals surface area contributed by atoms with Gasteiger partial charge >= 0.3 is 0 Å². The lowest BCUT2D eigenvalue weighted by Gasteiger charge is -2.16. The fourth-order valence-corrected chi connectivity index (χ4v) is 3.02. The Morgan fingerprint density at radius 2 is 2.05 bits per heavy atom. The van der Waals surface area contributed by atoms with Crippen LogP contribution in [0.3, 0.4) is 0 Å². The van der Waals surface area contributed by atoms with Crippen LogP contribution in [0.25, 0.3) is 11.4 Å². The topological polar surface area (TPSA) is 64.9 Å². The molecule has 1 aliphatic rings. The molecule has 0 amide bonds. The van der Waals surface area contributed by atoms with Crippen molar-refractivity contribution in [3.05, 3.63) is 35.7 Å². The van der Waals surface area contributed by atoms with E-state index in [1.165, 1.54) is 25.7 Å². The van der Waals surface area contributed by atoms with Gasteiger partial charge in [0, 0.05) is 18.0 Å². The quantitative estimate of drug-likeness (QED) is 0.928. The Morgan fingerprint density at radius 3 is 2.80 bits per heavy atom. The fourth-order valence-electron chi connectivity index (χ4n) is 3.02. The number of rotatable bonds is 4. The molecule has 1 heterocycles. The van der Waals surface area contributed by atoms with Crippen LogP contribution < -0.4 is 5.73 Å². The maximum atomic E-state index is 6.26. The van der Waals surface area contributed by atoms with E-state index in [0.717, 1.165) is 11.1 Å². The second kappa shape index (κ2) is 5.75. The van der Waals surface area contributed by atoms with E-state index in [-0.39, 0.29) is 6.04 Å². The Labute approximate surface area is 119 Å². The van der Waals surface area contributed by atoms with E-state index in [9.17, 15) is 0 Å². The van der Waals surface area contributed by atoms with Crippen molar-refractivity contribution in [2.75, 3.05) is 0 Å². The van der Waals surface area contributed by atoms with Crippen LogP contribution in [0.4, 0.5) is 0 Å². The number of aryl methyl sites for hydroxylation is 1. The number of nitrogens with two attached hydrogens (primary N) is 1. The summed E-state index contributed by atoms with van der Waals surface area (Å²) in [5.74, 6) is 1.93. The molecule has 0 spiro atoms. The van der Waals surface area contributed by atoms with Gasteiger partial charge in [0.2, 0.25) is 11.7 Å². The summed E-state index contributed by atoms with van der Waals surface area (Å²) in [6.07, 6.45) is 5.76. The number of aromatic nitrogens is 2. The molecule has 106 valence electrons. The highest BCUT2D eigenvalue weighted by Gasteiger charge is 2.24. The monoisotopic (exact) mass is 271 g/mol. The minimum Gasteiger partial charge on any atom is -0.339 e. The lowest BCUT2D eigenvalue weighted by molar-refractivity contribution is 0.341. The molecule has 1 unspecified atom stereocenters. The van der Waals surface area contributed by atoms with Crippen molar-refractivity contribution < 1.29 is 4.52 Å². The lowest BCUT2D eigenvalue weighted by Crippen LogP contribution is -2.30. The molecule has 2 N–H and O–H groups in total. The van der Waals surface area contributed by atoms with Crippen molar-refractivity contribution in [1.82, 2.24) is 10.1 Å². The molecule has 4 nitrogen and oxygen atoms in total. The third kappa shape index (κ3) is 2.75. The fraction of sp³-hybridized carbons (Fsp3) is 0.500. The summed E-state index contributed by atoms with van der Waals surface area (Å²) in [4.78, 5) is 4.49. The second-order valence-corrected chi connectivity index (χ2v) is 5.74. The standard InChI is InChI=1S/C16H21N3O/c1-11-6-2-5-9-13(11)16-18-15(20-19-16)10-14(17)12-7-3-4-8-12/h2,5-6,9,12,14H,3-4,7-8,10,17H2,1H3. The Kier molecular flexibility index (Phi) is 3.83. The van der Waals surface area contributed by atoms with Crippen molar-refractivity contribution in [2.45, 2.75) is 45.1 Å². The van der Waals surface area contributed by atoms with Gasteiger partial charge < -0.3 is 10.3 Å². The van der Waals surface area contributed by atoms with Gasteiger partial charge in [-0.3, -0.25) is 0 Å². The van der Waals surface area contributed by atoms with Crippen LogP contribution in [0.1, 0.15) is 37.1 Å². The van der Waals surface area contributed by atoms with Gasteiger partial charge in [-0.25, -0.2) is 0 Å². The minimum absolute atomic E-state index is 0.141. The van der Waals surface area contributed by atoms with Crippen LogP contribution in [0.2, 0.25) is 0 Å². The highest BCUT2D eigenvalue weighted by Crippen LogP contribution is 2.28. The van der Waals surface area contributed by atoms with Gasteiger partial charge in [-0.15, -0.1) is 0 Å². The van der Waals surface area contributed by atoms with Crippen molar-refractivity contribution in [3.63, 3.8) is 0 Å². The Bertz CT molecular complexity index is 573. The number of hydrogen-bond acceptors (Lipinski definition) is 4. The average Bonchev–Trinajstić information content (AvgIpc) is 3.10. The van der Waals surface area contributed by atoms with Crippen LogP contribution in [-0.4, -0.2) is 16.2 Å². The zero-order valence-corrected chi connectivity index (χ0v) is 11.9. The molecule has 4 heteroatoms. The maximum absolute atomic E-state index is 6.26. The summed E-state index contributed by atoms with van der Waals surface area (Å²) in [5.41, 5.74) is 8.44. The summed E-state index contributed by atoms with van der Waals surface area (Å²) in [5, 5.41) is 4.09. The molecule has 0 aliphatic heterocycles. The van der Waals surface area contributed by atoms with Gasteiger partial charge in [-0.2, -0.15) is 4.98 Å². The van der Waals surface area contributed by atoms with Crippen LogP contribution in [0.15, 0.2) is 28.8 Å². The van der Waals surface area contributed by atoms with Gasteiger partial charge in [0.05, 0.1) is 0 Å². The largest absolute Gasteiger partial charge is 0.339 e. The zero-order chi connectivity index (χ0) is 13.9. The molecule has 0 radical (unpaired) electrons. The smallest absolute Gasteiger partial charge is 0.228 e. The third-order valence-corrected chi connectivity index (χ3v) is 4.27. The summed E-state index contributed by atoms with van der Waals surface area (Å²) >= 11 is 0. The molecule has 3 rings (SSSR count). The van der Waals surface area contributed by atoms with Gasteiger partial charge in [-0.05, 0) is 31.2 Å². The van der Waals surface area contributed by atoms with Crippen molar-refractivity contribution in [3.8, 4) is 11.4 Å². The summed E-state index contributed by atoms with van der Waals surface area (Å²) in [6, 6.07) is 8.21. The van der Waals surface area contributed by atoms with Crippen molar-refractivity contribution >= 4 is 0 Å². The van der Waals surface area contributed by atoms with Gasteiger partial charge in [-0.1, -0.05) is 42.3 Å². The lowest BCUT2D eigenvalue weighted by atomic mass is 9.96. The van der Waals surface area contributed by atoms with Gasteiger partial charge in [0.25, 0.3) is 0 Å². The average molecular weight is 271 g/mol. The van der Waals surface area contributed by atoms with Crippen LogP contribution in [0.5, 0.6) is 0 Å². The van der Waals surface area contributed by atoms with Crippen molar-refractivity contribution in [1.29, 1.82) is 0 Å². The molecular formula is C16H21N3O. The highest BCUT2D eigenvalue weighted by molar-refractivity contribution is 5.58. The van der Waals surface area contributed by atoms with E-state index >= 15 is 0 Å². The summed E-state index contributed by atoms with van der Waals surface area (Å²) in [7, 11) is 0. The molecule has 1 aromatic heterocycles. The zero-order valence-electron chi connectivity index (χ0n) is 11.9. The third-order valence-electron chi connectivity index (χ3n) is 4.27. The first kappa shape index (κ1) is 13.3. The van der Waals surface area contributed by atoms with Crippen molar-refractivity contribution in [2.24, 2.45) is 11.7 Å². The van der Waals surface area contributed by atoms with E-state index in [4.69, 9.17) is 10.3 Å². The molecule has 20 heavy (non-hydrogen) atoms. The van der Waals surface area contributed by atoms with E-state index < -0.39 is 0 Å². The molecule has 1 aromatic carbocycles. The van der Waals surface area contributed by atoms with E-state index in [2.05, 4.69) is 23.1 Å². The number of hydrogen-bond donors (Lipinski definition) is 1. The molecular weight excluding hydrogens is 250 g/mol. The first-order chi connectivity index (χ1) is 9.74. The van der Waals surface area contributed by atoms with Crippen LogP contribution >= 0.6 is 0 Å². The van der Waals surface area contributed by atoms with Crippen LogP contribution in [0, 0.1) is 12.8 Å². The molecule has 1 atom stereocenters. The molecule has 0 saturated heterocycles. The summed E-state index contributed by atoms with van der Waals surface area (Å²) in [6.45, 7) is 2.05. The summed E-state index contributed by atoms with van der Waals surface area (Å²) < 4.78 is 5.36. The van der Waals surface area contributed by atoms with Gasteiger partial charge in [0.15, 0.2) is 0 Å². The minimum atomic E-state index is 0.141. The number of nitrogens with zero attached hydrogens (tertiary/aromatic N) is 2. The maximum Gasteiger partial charge on any atom is 0.228 e. The Balaban J connectivity index is 1.72. The second-order valence-electron chi connectivity index (χ2n) is 5.74. The molecule has 1 saturated carbocycles.